The van der Waals surface area contributed by atoms with Crippen LogP contribution in [0.4, 0.5) is 5.82 Å². The SMILES string of the molecule is Cc1cc(NC(=O)C2(CN)CCC2)n[nH]1. The first kappa shape index (κ1) is 10.2. The van der Waals surface area contributed by atoms with E-state index in [-0.39, 0.29) is 11.3 Å². The second-order valence-electron chi connectivity index (χ2n) is 4.23. The van der Waals surface area contributed by atoms with Crippen LogP contribution >= 0.6 is 0 Å². The van der Waals surface area contributed by atoms with E-state index in [0.717, 1.165) is 25.0 Å². The van der Waals surface area contributed by atoms with E-state index in [1.165, 1.54) is 0 Å². The normalized spacial score (nSPS) is 18.3. The number of nitrogens with zero attached hydrogens (tertiary/aromatic N) is 1. The number of aromatic amines is 1. The summed E-state index contributed by atoms with van der Waals surface area (Å²) in [5.41, 5.74) is 6.23. The molecule has 1 heterocycles. The monoisotopic (exact) mass is 208 g/mol. The molecule has 1 aliphatic rings. The van der Waals surface area contributed by atoms with Gasteiger partial charge in [0.25, 0.3) is 0 Å². The Balaban J connectivity index is 2.03. The molecule has 0 atom stereocenters. The van der Waals surface area contributed by atoms with E-state index >= 15 is 0 Å². The molecule has 0 aliphatic heterocycles. The van der Waals surface area contributed by atoms with E-state index < -0.39 is 0 Å². The molecule has 0 aromatic carbocycles. The highest BCUT2D eigenvalue weighted by atomic mass is 16.2. The first-order valence-corrected chi connectivity index (χ1v) is 5.20. The molecule has 0 bridgehead atoms. The maximum absolute atomic E-state index is 11.9. The molecule has 1 aliphatic carbocycles. The summed E-state index contributed by atoms with van der Waals surface area (Å²) in [6.07, 6.45) is 2.86. The molecule has 0 radical (unpaired) electrons. The Morgan fingerprint density at radius 3 is 2.87 bits per heavy atom. The van der Waals surface area contributed by atoms with Gasteiger partial charge in [0.1, 0.15) is 0 Å². The van der Waals surface area contributed by atoms with Crippen molar-refractivity contribution in [2.75, 3.05) is 11.9 Å². The molecule has 1 aromatic rings. The maximum atomic E-state index is 11.9. The molecule has 1 aromatic heterocycles. The summed E-state index contributed by atoms with van der Waals surface area (Å²) in [6, 6.07) is 1.81. The number of hydrogen-bond donors (Lipinski definition) is 3. The zero-order valence-electron chi connectivity index (χ0n) is 8.84. The average molecular weight is 208 g/mol. The number of amides is 1. The molecular weight excluding hydrogens is 192 g/mol. The van der Waals surface area contributed by atoms with Crippen molar-refractivity contribution in [1.82, 2.24) is 10.2 Å². The highest BCUT2D eigenvalue weighted by molar-refractivity contribution is 5.95. The molecule has 15 heavy (non-hydrogen) atoms. The van der Waals surface area contributed by atoms with Crippen LogP contribution in [0.2, 0.25) is 0 Å². The van der Waals surface area contributed by atoms with Gasteiger partial charge in [0.05, 0.1) is 5.41 Å². The molecule has 0 spiro atoms. The summed E-state index contributed by atoms with van der Waals surface area (Å²) >= 11 is 0. The third-order valence-electron chi connectivity index (χ3n) is 3.13. The van der Waals surface area contributed by atoms with Gasteiger partial charge >= 0.3 is 0 Å². The first-order chi connectivity index (χ1) is 7.16. The summed E-state index contributed by atoms with van der Waals surface area (Å²) < 4.78 is 0. The number of nitrogens with two attached hydrogens (primary N) is 1. The fourth-order valence-electron chi connectivity index (χ4n) is 1.86. The number of nitrogens with one attached hydrogen (secondary N) is 2. The number of carbonyl (C=O) groups excluding carboxylic acids is 1. The minimum absolute atomic E-state index is 0.00255. The standard InChI is InChI=1S/C10H16N4O/c1-7-5-8(14-13-7)12-9(15)10(6-11)3-2-4-10/h5H,2-4,6,11H2,1H3,(H2,12,13,14,15). The molecule has 0 unspecified atom stereocenters. The highest BCUT2D eigenvalue weighted by Gasteiger charge is 2.42. The number of anilines is 1. The van der Waals surface area contributed by atoms with E-state index in [1.54, 1.807) is 6.07 Å². The lowest BCUT2D eigenvalue weighted by atomic mass is 9.68. The van der Waals surface area contributed by atoms with Gasteiger partial charge in [-0.05, 0) is 19.8 Å². The fourth-order valence-corrected chi connectivity index (χ4v) is 1.86. The molecule has 4 N–H and O–H groups in total. The van der Waals surface area contributed by atoms with Crippen molar-refractivity contribution in [3.05, 3.63) is 11.8 Å². The van der Waals surface area contributed by atoms with E-state index in [2.05, 4.69) is 15.5 Å². The second kappa shape index (κ2) is 3.66. The van der Waals surface area contributed by atoms with Gasteiger partial charge < -0.3 is 11.1 Å². The zero-order valence-corrected chi connectivity index (χ0v) is 8.84. The van der Waals surface area contributed by atoms with Crippen LogP contribution in [-0.4, -0.2) is 22.6 Å². The summed E-state index contributed by atoms with van der Waals surface area (Å²) in [4.78, 5) is 11.9. The number of rotatable bonds is 3. The first-order valence-electron chi connectivity index (χ1n) is 5.20. The topological polar surface area (TPSA) is 83.8 Å². The lowest BCUT2D eigenvalue weighted by molar-refractivity contribution is -0.129. The van der Waals surface area contributed by atoms with Gasteiger partial charge in [-0.3, -0.25) is 9.89 Å². The summed E-state index contributed by atoms with van der Waals surface area (Å²) in [6.45, 7) is 2.31. The largest absolute Gasteiger partial charge is 0.329 e. The molecule has 1 amide bonds. The Hall–Kier alpha value is -1.36. The Kier molecular flexibility index (Phi) is 2.48. The number of hydrogen-bond acceptors (Lipinski definition) is 3. The fraction of sp³-hybridized carbons (Fsp3) is 0.600. The number of aryl methyl sites for hydroxylation is 1. The van der Waals surface area contributed by atoms with Crippen molar-refractivity contribution < 1.29 is 4.79 Å². The van der Waals surface area contributed by atoms with Crippen molar-refractivity contribution in [3.8, 4) is 0 Å². The summed E-state index contributed by atoms with van der Waals surface area (Å²) in [5.74, 6) is 0.583. The van der Waals surface area contributed by atoms with Crippen LogP contribution in [0.5, 0.6) is 0 Å². The van der Waals surface area contributed by atoms with Gasteiger partial charge in [0.2, 0.25) is 5.91 Å². The van der Waals surface area contributed by atoms with Crippen molar-refractivity contribution in [1.29, 1.82) is 0 Å². The van der Waals surface area contributed by atoms with Crippen LogP contribution in [0.3, 0.4) is 0 Å². The number of carbonyl (C=O) groups is 1. The molecule has 82 valence electrons. The Morgan fingerprint density at radius 2 is 2.47 bits per heavy atom. The summed E-state index contributed by atoms with van der Waals surface area (Å²) in [7, 11) is 0. The molecule has 1 fully saturated rings. The van der Waals surface area contributed by atoms with E-state index in [4.69, 9.17) is 5.73 Å². The average Bonchev–Trinajstić information content (AvgIpc) is 2.50. The molecule has 5 nitrogen and oxygen atoms in total. The predicted molar refractivity (Wildman–Crippen MR) is 57.3 cm³/mol. The van der Waals surface area contributed by atoms with Gasteiger partial charge in [-0.2, -0.15) is 5.10 Å². The van der Waals surface area contributed by atoms with Crippen LogP contribution in [0.25, 0.3) is 0 Å². The second-order valence-corrected chi connectivity index (χ2v) is 4.23. The Morgan fingerprint density at radius 1 is 1.73 bits per heavy atom. The van der Waals surface area contributed by atoms with Crippen molar-refractivity contribution in [2.45, 2.75) is 26.2 Å². The van der Waals surface area contributed by atoms with Gasteiger partial charge in [-0.25, -0.2) is 0 Å². The van der Waals surface area contributed by atoms with Gasteiger partial charge in [-0.15, -0.1) is 0 Å². The minimum atomic E-state index is -0.340. The molecular formula is C10H16N4O. The molecule has 2 rings (SSSR count). The Bertz CT molecular complexity index is 362. The third-order valence-corrected chi connectivity index (χ3v) is 3.13. The minimum Gasteiger partial charge on any atom is -0.329 e. The Labute approximate surface area is 88.4 Å². The molecule has 1 saturated carbocycles. The van der Waals surface area contributed by atoms with Crippen molar-refractivity contribution >= 4 is 11.7 Å². The quantitative estimate of drug-likeness (QED) is 0.686. The smallest absolute Gasteiger partial charge is 0.233 e. The van der Waals surface area contributed by atoms with E-state index in [0.29, 0.717) is 12.4 Å². The van der Waals surface area contributed by atoms with Crippen LogP contribution in [0.15, 0.2) is 6.07 Å². The van der Waals surface area contributed by atoms with Gasteiger partial charge in [0, 0.05) is 18.3 Å². The molecule has 5 heteroatoms. The van der Waals surface area contributed by atoms with Crippen molar-refractivity contribution in [2.24, 2.45) is 11.1 Å². The highest BCUT2D eigenvalue weighted by Crippen LogP contribution is 2.40. The van der Waals surface area contributed by atoms with E-state index in [1.807, 2.05) is 6.92 Å². The molecule has 0 saturated heterocycles. The van der Waals surface area contributed by atoms with Crippen LogP contribution in [-0.2, 0) is 4.79 Å². The maximum Gasteiger partial charge on any atom is 0.233 e. The van der Waals surface area contributed by atoms with Crippen molar-refractivity contribution in [3.63, 3.8) is 0 Å². The van der Waals surface area contributed by atoms with Gasteiger partial charge in [-0.1, -0.05) is 6.42 Å². The predicted octanol–water partition coefficient (Wildman–Crippen LogP) is 0.786. The van der Waals surface area contributed by atoms with Crippen LogP contribution in [0, 0.1) is 12.3 Å². The van der Waals surface area contributed by atoms with Gasteiger partial charge in [0.15, 0.2) is 5.82 Å². The zero-order chi connectivity index (χ0) is 10.9. The lowest BCUT2D eigenvalue weighted by Gasteiger charge is -2.38. The van der Waals surface area contributed by atoms with Crippen LogP contribution in [0.1, 0.15) is 25.0 Å². The van der Waals surface area contributed by atoms with Crippen LogP contribution < -0.4 is 11.1 Å². The summed E-state index contributed by atoms with van der Waals surface area (Å²) in [5, 5.41) is 9.54. The number of aromatic nitrogens is 2. The lowest BCUT2D eigenvalue weighted by Crippen LogP contribution is -2.47. The third kappa shape index (κ3) is 1.74. The van der Waals surface area contributed by atoms with E-state index in [9.17, 15) is 4.79 Å². The number of H-pyrrole nitrogens is 1.